The third kappa shape index (κ3) is 3.72. The summed E-state index contributed by atoms with van der Waals surface area (Å²) in [6.45, 7) is 3.72. The zero-order chi connectivity index (χ0) is 20.5. The molecule has 1 fully saturated rings. The van der Waals surface area contributed by atoms with Crippen LogP contribution in [0.15, 0.2) is 41.0 Å². The molecule has 0 bridgehead atoms. The number of rotatable bonds is 7. The van der Waals surface area contributed by atoms with Gasteiger partial charge in [-0.3, -0.25) is 4.79 Å². The quantitative estimate of drug-likeness (QED) is 0.615. The minimum absolute atomic E-state index is 0.241. The van der Waals surface area contributed by atoms with E-state index in [1.165, 1.54) is 6.26 Å². The summed E-state index contributed by atoms with van der Waals surface area (Å²) in [4.78, 5) is 25.3. The second kappa shape index (κ2) is 7.66. The molecule has 3 aromatic rings. The van der Waals surface area contributed by atoms with Crippen molar-refractivity contribution in [1.29, 1.82) is 0 Å². The number of ether oxygens (including phenoxy) is 2. The molecule has 1 aliphatic rings. The Kier molecular flexibility index (Phi) is 5.05. The van der Waals surface area contributed by atoms with Crippen molar-refractivity contribution >= 4 is 22.8 Å². The largest absolute Gasteiger partial charge is 0.497 e. The van der Waals surface area contributed by atoms with Crippen LogP contribution in [0, 0.1) is 6.92 Å². The van der Waals surface area contributed by atoms with Crippen LogP contribution in [0.2, 0.25) is 0 Å². The molecule has 2 heterocycles. The van der Waals surface area contributed by atoms with Crippen molar-refractivity contribution in [2.24, 2.45) is 0 Å². The zero-order valence-electron chi connectivity index (χ0n) is 16.7. The average Bonchev–Trinajstić information content (AvgIpc) is 3.31. The predicted molar refractivity (Wildman–Crippen MR) is 107 cm³/mol. The fraction of sp³-hybridized carbons (Fsp3) is 0.364. The van der Waals surface area contributed by atoms with Crippen LogP contribution in [0.25, 0.3) is 10.9 Å². The summed E-state index contributed by atoms with van der Waals surface area (Å²) in [6, 6.07) is 9.62. The number of amides is 1. The number of fused-ring (bicyclic) bond motifs is 1. The Labute approximate surface area is 168 Å². The van der Waals surface area contributed by atoms with Gasteiger partial charge in [-0.2, -0.15) is 0 Å². The Morgan fingerprint density at radius 1 is 1.31 bits per heavy atom. The van der Waals surface area contributed by atoms with Crippen LogP contribution < -0.4 is 10.1 Å². The van der Waals surface area contributed by atoms with E-state index in [0.717, 1.165) is 29.4 Å². The molecule has 7 heteroatoms. The molecule has 1 aromatic carbocycles. The van der Waals surface area contributed by atoms with Gasteiger partial charge in [-0.25, -0.2) is 4.79 Å². The minimum atomic E-state index is -0.929. The lowest BCUT2D eigenvalue weighted by molar-refractivity contribution is -0.129. The number of hydrogen-bond donors (Lipinski definition) is 1. The Bertz CT molecular complexity index is 1050. The van der Waals surface area contributed by atoms with Crippen molar-refractivity contribution in [2.45, 2.75) is 45.4 Å². The Hall–Kier alpha value is -3.22. The molecule has 1 aliphatic carbocycles. The molecule has 1 amide bonds. The van der Waals surface area contributed by atoms with Crippen LogP contribution in [0.5, 0.6) is 5.75 Å². The van der Waals surface area contributed by atoms with Gasteiger partial charge in [0.1, 0.15) is 11.5 Å². The van der Waals surface area contributed by atoms with E-state index in [1.807, 2.05) is 25.1 Å². The second-order valence-electron chi connectivity index (χ2n) is 7.29. The van der Waals surface area contributed by atoms with Crippen LogP contribution in [-0.4, -0.2) is 29.7 Å². The van der Waals surface area contributed by atoms with Crippen LogP contribution in [0.3, 0.4) is 0 Å². The van der Waals surface area contributed by atoms with Gasteiger partial charge in [-0.15, -0.1) is 0 Å². The molecule has 0 saturated heterocycles. The summed E-state index contributed by atoms with van der Waals surface area (Å²) in [5.74, 6) is 0.410. The van der Waals surface area contributed by atoms with E-state index >= 15 is 0 Å². The smallest absolute Gasteiger partial charge is 0.341 e. The number of aromatic nitrogens is 1. The summed E-state index contributed by atoms with van der Waals surface area (Å²) in [7, 11) is 1.59. The number of benzene rings is 1. The topological polar surface area (TPSA) is 82.7 Å². The van der Waals surface area contributed by atoms with Gasteiger partial charge in [-0.05, 0) is 57.0 Å². The predicted octanol–water partition coefficient (Wildman–Crippen LogP) is 3.75. The number of hydrogen-bond acceptors (Lipinski definition) is 5. The van der Waals surface area contributed by atoms with Gasteiger partial charge in [0.2, 0.25) is 0 Å². The molecule has 4 rings (SSSR count). The van der Waals surface area contributed by atoms with E-state index in [1.54, 1.807) is 26.2 Å². The van der Waals surface area contributed by atoms with Crippen LogP contribution in [-0.2, 0) is 16.1 Å². The van der Waals surface area contributed by atoms with Crippen LogP contribution >= 0.6 is 0 Å². The van der Waals surface area contributed by atoms with Crippen molar-refractivity contribution in [1.82, 2.24) is 9.88 Å². The molecular weight excluding hydrogens is 372 g/mol. The molecule has 152 valence electrons. The van der Waals surface area contributed by atoms with Gasteiger partial charge in [-0.1, -0.05) is 0 Å². The lowest BCUT2D eigenvalue weighted by Crippen LogP contribution is -2.35. The maximum absolute atomic E-state index is 13.0. The van der Waals surface area contributed by atoms with Crippen molar-refractivity contribution in [3.05, 3.63) is 53.6 Å². The maximum atomic E-state index is 13.0. The Morgan fingerprint density at radius 2 is 2.10 bits per heavy atom. The van der Waals surface area contributed by atoms with Gasteiger partial charge in [0.15, 0.2) is 6.10 Å². The highest BCUT2D eigenvalue weighted by molar-refractivity contribution is 6.07. The SMILES string of the molecule is COc1ccc2c(c1)c(C(=O)OC(C)C(=O)NCc1ccco1)c(C)n2C1CC1. The van der Waals surface area contributed by atoms with Gasteiger partial charge in [0.25, 0.3) is 5.91 Å². The van der Waals surface area contributed by atoms with E-state index in [2.05, 4.69) is 9.88 Å². The number of nitrogens with zero attached hydrogens (tertiary/aromatic N) is 1. The number of nitrogens with one attached hydrogen (secondary N) is 1. The summed E-state index contributed by atoms with van der Waals surface area (Å²) in [5, 5.41) is 3.49. The van der Waals surface area contributed by atoms with Crippen molar-refractivity contribution in [2.75, 3.05) is 7.11 Å². The number of furan rings is 1. The highest BCUT2D eigenvalue weighted by Gasteiger charge is 2.31. The molecule has 2 aromatic heterocycles. The molecule has 1 saturated carbocycles. The van der Waals surface area contributed by atoms with Gasteiger partial charge < -0.3 is 23.8 Å². The van der Waals surface area contributed by atoms with Crippen molar-refractivity contribution < 1.29 is 23.5 Å². The Morgan fingerprint density at radius 3 is 2.76 bits per heavy atom. The normalized spacial score (nSPS) is 14.6. The molecule has 0 spiro atoms. The first kappa shape index (κ1) is 19.1. The number of carbonyl (C=O) groups is 2. The Balaban J connectivity index is 1.56. The molecule has 1 N–H and O–H groups in total. The van der Waals surface area contributed by atoms with E-state index < -0.39 is 12.1 Å². The summed E-state index contributed by atoms with van der Waals surface area (Å²) < 4.78 is 18.2. The highest BCUT2D eigenvalue weighted by Crippen LogP contribution is 2.42. The monoisotopic (exact) mass is 396 g/mol. The molecule has 1 unspecified atom stereocenters. The number of carbonyl (C=O) groups excluding carboxylic acids is 2. The lowest BCUT2D eigenvalue weighted by Gasteiger charge is -2.13. The fourth-order valence-corrected chi connectivity index (χ4v) is 3.61. The molecule has 0 aliphatic heterocycles. The standard InChI is InChI=1S/C22H24N2O5/c1-13-20(18-11-16(27-3)8-9-19(18)24(13)15-6-7-15)22(26)29-14(2)21(25)23-12-17-5-4-10-28-17/h4-5,8-11,14-15H,6-7,12H2,1-3H3,(H,23,25). The van der Waals surface area contributed by atoms with Gasteiger partial charge in [0.05, 0.1) is 25.5 Å². The summed E-state index contributed by atoms with van der Waals surface area (Å²) >= 11 is 0. The maximum Gasteiger partial charge on any atom is 0.341 e. The van der Waals surface area contributed by atoms with Crippen molar-refractivity contribution in [3.63, 3.8) is 0 Å². The van der Waals surface area contributed by atoms with Gasteiger partial charge in [0, 0.05) is 22.6 Å². The third-order valence-corrected chi connectivity index (χ3v) is 5.24. The molecule has 29 heavy (non-hydrogen) atoms. The van der Waals surface area contributed by atoms with E-state index in [-0.39, 0.29) is 12.5 Å². The lowest BCUT2D eigenvalue weighted by atomic mass is 10.1. The zero-order valence-corrected chi connectivity index (χ0v) is 16.7. The van der Waals surface area contributed by atoms with Gasteiger partial charge >= 0.3 is 5.97 Å². The first-order valence-corrected chi connectivity index (χ1v) is 9.69. The van der Waals surface area contributed by atoms with Crippen LogP contribution in [0.4, 0.5) is 0 Å². The third-order valence-electron chi connectivity index (χ3n) is 5.24. The highest BCUT2D eigenvalue weighted by atomic mass is 16.5. The van der Waals surface area contributed by atoms with E-state index in [4.69, 9.17) is 13.9 Å². The van der Waals surface area contributed by atoms with E-state index in [9.17, 15) is 9.59 Å². The van der Waals surface area contributed by atoms with Crippen LogP contribution in [0.1, 0.15) is 47.6 Å². The number of esters is 1. The van der Waals surface area contributed by atoms with E-state index in [0.29, 0.717) is 23.1 Å². The van der Waals surface area contributed by atoms with Crippen molar-refractivity contribution in [3.8, 4) is 5.75 Å². The minimum Gasteiger partial charge on any atom is -0.497 e. The first-order valence-electron chi connectivity index (χ1n) is 9.69. The molecule has 0 radical (unpaired) electrons. The second-order valence-corrected chi connectivity index (χ2v) is 7.29. The molecule has 7 nitrogen and oxygen atoms in total. The summed E-state index contributed by atoms with van der Waals surface area (Å²) in [6.07, 6.45) is 2.80. The molecule has 1 atom stereocenters. The summed E-state index contributed by atoms with van der Waals surface area (Å²) in [5.41, 5.74) is 2.31. The first-order chi connectivity index (χ1) is 14.0. The fourth-order valence-electron chi connectivity index (χ4n) is 3.61. The molecular formula is C22H24N2O5. The number of methoxy groups -OCH3 is 1. The average molecular weight is 396 g/mol.